The normalized spacial score (nSPS) is 11.5. The first-order valence-electron chi connectivity index (χ1n) is 10.1. The number of alkyl halides is 3. The van der Waals surface area contributed by atoms with Gasteiger partial charge in [0.05, 0.1) is 5.56 Å². The molecule has 0 aliphatic heterocycles. The van der Waals surface area contributed by atoms with E-state index in [9.17, 15) is 23.2 Å². The molecule has 3 rings (SSSR count). The molecular formula is C26H21F3N2O2. The molecule has 0 heterocycles. The first-order valence-corrected chi connectivity index (χ1v) is 10.1. The molecule has 3 aromatic rings. The highest BCUT2D eigenvalue weighted by Gasteiger charge is 2.30. The van der Waals surface area contributed by atoms with Crippen molar-refractivity contribution in [2.75, 3.05) is 0 Å². The SMILES string of the molecule is Cc1ccc(CNC(=O)C(C#N)=Cc2ccccc2OCc2cccc(C(F)(F)F)c2)cc1. The average molecular weight is 450 g/mol. The Bertz CT molecular complexity index is 1190. The highest BCUT2D eigenvalue weighted by Crippen LogP contribution is 2.30. The predicted octanol–water partition coefficient (Wildman–Crippen LogP) is 5.82. The van der Waals surface area contributed by atoms with E-state index in [0.717, 1.165) is 23.3 Å². The second kappa shape index (κ2) is 10.5. The number of nitriles is 1. The number of benzene rings is 3. The second-order valence-corrected chi connectivity index (χ2v) is 7.36. The number of aryl methyl sites for hydroxylation is 1. The molecule has 33 heavy (non-hydrogen) atoms. The fourth-order valence-corrected chi connectivity index (χ4v) is 3.02. The Morgan fingerprint density at radius 2 is 1.76 bits per heavy atom. The number of halogens is 3. The van der Waals surface area contributed by atoms with E-state index >= 15 is 0 Å². The number of rotatable bonds is 7. The first kappa shape index (κ1) is 23.6. The van der Waals surface area contributed by atoms with Crippen LogP contribution < -0.4 is 10.1 Å². The van der Waals surface area contributed by atoms with Gasteiger partial charge in [0.25, 0.3) is 5.91 Å². The molecule has 0 radical (unpaired) electrons. The molecular weight excluding hydrogens is 429 g/mol. The van der Waals surface area contributed by atoms with E-state index < -0.39 is 17.6 Å². The van der Waals surface area contributed by atoms with Crippen LogP contribution in [0.3, 0.4) is 0 Å². The summed E-state index contributed by atoms with van der Waals surface area (Å²) in [6.45, 7) is 2.13. The van der Waals surface area contributed by atoms with Crippen LogP contribution in [0, 0.1) is 18.3 Å². The van der Waals surface area contributed by atoms with Crippen LogP contribution in [0.5, 0.6) is 5.75 Å². The number of nitrogens with zero attached hydrogens (tertiary/aromatic N) is 1. The van der Waals surface area contributed by atoms with Gasteiger partial charge >= 0.3 is 6.18 Å². The van der Waals surface area contributed by atoms with E-state index in [-0.39, 0.29) is 18.7 Å². The van der Waals surface area contributed by atoms with Crippen molar-refractivity contribution in [1.82, 2.24) is 5.32 Å². The van der Waals surface area contributed by atoms with Crippen molar-refractivity contribution in [1.29, 1.82) is 5.26 Å². The Balaban J connectivity index is 1.72. The minimum atomic E-state index is -4.44. The van der Waals surface area contributed by atoms with Crippen molar-refractivity contribution in [2.45, 2.75) is 26.3 Å². The second-order valence-electron chi connectivity index (χ2n) is 7.36. The van der Waals surface area contributed by atoms with Gasteiger partial charge in [-0.15, -0.1) is 0 Å². The highest BCUT2D eigenvalue weighted by molar-refractivity contribution is 6.01. The average Bonchev–Trinajstić information content (AvgIpc) is 2.81. The molecule has 1 N–H and O–H groups in total. The Hall–Kier alpha value is -4.05. The van der Waals surface area contributed by atoms with Crippen molar-refractivity contribution >= 4 is 12.0 Å². The molecule has 0 saturated heterocycles. The molecule has 0 aliphatic carbocycles. The van der Waals surface area contributed by atoms with Crippen molar-refractivity contribution in [2.24, 2.45) is 0 Å². The number of hydrogen-bond donors (Lipinski definition) is 1. The molecule has 0 aliphatic rings. The Kier molecular flexibility index (Phi) is 7.52. The van der Waals surface area contributed by atoms with Gasteiger partial charge in [0, 0.05) is 12.1 Å². The van der Waals surface area contributed by atoms with Crippen LogP contribution in [-0.4, -0.2) is 5.91 Å². The van der Waals surface area contributed by atoms with E-state index in [1.807, 2.05) is 37.3 Å². The Morgan fingerprint density at radius 3 is 2.45 bits per heavy atom. The zero-order valence-electron chi connectivity index (χ0n) is 17.8. The first-order chi connectivity index (χ1) is 15.8. The molecule has 4 nitrogen and oxygen atoms in total. The summed E-state index contributed by atoms with van der Waals surface area (Å²) in [4.78, 5) is 12.5. The van der Waals surface area contributed by atoms with E-state index in [2.05, 4.69) is 5.32 Å². The van der Waals surface area contributed by atoms with Gasteiger partial charge in [0.1, 0.15) is 24.0 Å². The number of carbonyl (C=O) groups is 1. The molecule has 0 aromatic heterocycles. The smallest absolute Gasteiger partial charge is 0.416 e. The maximum absolute atomic E-state index is 12.9. The summed E-state index contributed by atoms with van der Waals surface area (Å²) < 4.78 is 44.5. The number of ether oxygens (including phenoxy) is 1. The fraction of sp³-hybridized carbons (Fsp3) is 0.154. The molecule has 0 unspecified atom stereocenters. The molecule has 1 amide bonds. The summed E-state index contributed by atoms with van der Waals surface area (Å²) in [6.07, 6.45) is -3.05. The number of hydrogen-bond acceptors (Lipinski definition) is 3. The topological polar surface area (TPSA) is 62.1 Å². The molecule has 0 bridgehead atoms. The van der Waals surface area contributed by atoms with Crippen LogP contribution in [0.15, 0.2) is 78.4 Å². The zero-order valence-corrected chi connectivity index (χ0v) is 17.8. The lowest BCUT2D eigenvalue weighted by Gasteiger charge is -2.12. The molecule has 7 heteroatoms. The van der Waals surface area contributed by atoms with E-state index in [1.165, 1.54) is 18.2 Å². The summed E-state index contributed by atoms with van der Waals surface area (Å²) in [5, 5.41) is 12.2. The minimum Gasteiger partial charge on any atom is -0.488 e. The molecule has 0 spiro atoms. The van der Waals surface area contributed by atoms with Crippen LogP contribution in [0.4, 0.5) is 13.2 Å². The van der Waals surface area contributed by atoms with Gasteiger partial charge in [-0.3, -0.25) is 4.79 Å². The van der Waals surface area contributed by atoms with Crippen LogP contribution in [-0.2, 0) is 24.1 Å². The maximum Gasteiger partial charge on any atom is 0.416 e. The predicted molar refractivity (Wildman–Crippen MR) is 119 cm³/mol. The number of carbonyl (C=O) groups excluding carboxylic acids is 1. The van der Waals surface area contributed by atoms with Crippen LogP contribution in [0.2, 0.25) is 0 Å². The third-order valence-corrected chi connectivity index (χ3v) is 4.81. The minimum absolute atomic E-state index is 0.101. The monoisotopic (exact) mass is 450 g/mol. The van der Waals surface area contributed by atoms with Crippen LogP contribution in [0.1, 0.15) is 27.8 Å². The van der Waals surface area contributed by atoms with Gasteiger partial charge in [-0.05, 0) is 42.3 Å². The summed E-state index contributed by atoms with van der Waals surface area (Å²) in [6, 6.07) is 21.1. The largest absolute Gasteiger partial charge is 0.488 e. The van der Waals surface area contributed by atoms with E-state index in [4.69, 9.17) is 4.74 Å². The molecule has 0 saturated carbocycles. The van der Waals surface area contributed by atoms with Gasteiger partial charge < -0.3 is 10.1 Å². The summed E-state index contributed by atoms with van der Waals surface area (Å²) in [7, 11) is 0. The van der Waals surface area contributed by atoms with E-state index in [0.29, 0.717) is 16.9 Å². The molecule has 3 aromatic carbocycles. The number of amides is 1. The van der Waals surface area contributed by atoms with Gasteiger partial charge in [0.2, 0.25) is 0 Å². The molecule has 0 atom stereocenters. The van der Waals surface area contributed by atoms with Gasteiger partial charge in [-0.2, -0.15) is 18.4 Å². The summed E-state index contributed by atoms with van der Waals surface area (Å²) in [5.41, 5.74) is 1.94. The molecule has 168 valence electrons. The summed E-state index contributed by atoms with van der Waals surface area (Å²) in [5.74, 6) is -0.195. The Labute approximate surface area is 189 Å². The lowest BCUT2D eigenvalue weighted by Crippen LogP contribution is -2.23. The fourth-order valence-electron chi connectivity index (χ4n) is 3.02. The molecule has 0 fully saturated rings. The third-order valence-electron chi connectivity index (χ3n) is 4.81. The van der Waals surface area contributed by atoms with Gasteiger partial charge in [-0.1, -0.05) is 60.2 Å². The zero-order chi connectivity index (χ0) is 23.8. The van der Waals surface area contributed by atoms with Crippen LogP contribution in [0.25, 0.3) is 6.08 Å². The lowest BCUT2D eigenvalue weighted by atomic mass is 10.1. The van der Waals surface area contributed by atoms with Gasteiger partial charge in [-0.25, -0.2) is 0 Å². The third kappa shape index (κ3) is 6.71. The lowest BCUT2D eigenvalue weighted by molar-refractivity contribution is -0.137. The van der Waals surface area contributed by atoms with Crippen molar-refractivity contribution < 1.29 is 22.7 Å². The highest BCUT2D eigenvalue weighted by atomic mass is 19.4. The Morgan fingerprint density at radius 1 is 1.03 bits per heavy atom. The van der Waals surface area contributed by atoms with Crippen LogP contribution >= 0.6 is 0 Å². The van der Waals surface area contributed by atoms with Crippen molar-refractivity contribution in [3.05, 3.63) is 106 Å². The number of nitrogens with one attached hydrogen (secondary N) is 1. The van der Waals surface area contributed by atoms with E-state index in [1.54, 1.807) is 24.3 Å². The number of para-hydroxylation sites is 1. The summed E-state index contributed by atoms with van der Waals surface area (Å²) >= 11 is 0. The maximum atomic E-state index is 12.9. The standard InChI is InChI=1S/C26H21F3N2O2/c1-18-9-11-19(12-10-18)16-31-25(32)22(15-30)14-21-6-2-3-8-24(21)33-17-20-5-4-7-23(13-20)26(27,28)29/h2-14H,16-17H2,1H3,(H,31,32). The quantitative estimate of drug-likeness (QED) is 0.365. The van der Waals surface area contributed by atoms with Gasteiger partial charge in [0.15, 0.2) is 0 Å². The van der Waals surface area contributed by atoms with Crippen molar-refractivity contribution in [3.8, 4) is 11.8 Å². The van der Waals surface area contributed by atoms with Crippen molar-refractivity contribution in [3.63, 3.8) is 0 Å².